The lowest BCUT2D eigenvalue weighted by Crippen LogP contribution is -2.43. The minimum atomic E-state index is 0.628. The zero-order valence-corrected chi connectivity index (χ0v) is 21.2. The number of likely N-dealkylation sites (N-methyl/N-ethyl adjacent to an activating group) is 1. The topological polar surface area (TPSA) is 63.0 Å². The van der Waals surface area contributed by atoms with Gasteiger partial charge in [0.25, 0.3) is 0 Å². The molecule has 3 aromatic rings. The van der Waals surface area contributed by atoms with Crippen molar-refractivity contribution in [3.63, 3.8) is 0 Å². The maximum Gasteiger partial charge on any atom is 0.116 e. The third-order valence-corrected chi connectivity index (χ3v) is 7.06. The monoisotopic (exact) mass is 460 g/mol. The fourth-order valence-electron chi connectivity index (χ4n) is 5.12. The molecule has 6 nitrogen and oxygen atoms in total. The van der Waals surface area contributed by atoms with Gasteiger partial charge in [-0.1, -0.05) is 32.6 Å². The van der Waals surface area contributed by atoms with Crippen LogP contribution >= 0.6 is 0 Å². The Kier molecular flexibility index (Phi) is 7.91. The van der Waals surface area contributed by atoms with Gasteiger partial charge in [-0.15, -0.1) is 0 Å². The molecule has 0 amide bonds. The van der Waals surface area contributed by atoms with Crippen LogP contribution in [0.5, 0.6) is 0 Å². The van der Waals surface area contributed by atoms with Gasteiger partial charge in [0.05, 0.1) is 11.2 Å². The Morgan fingerprint density at radius 1 is 1.09 bits per heavy atom. The average molecular weight is 461 g/mol. The highest BCUT2D eigenvalue weighted by atomic mass is 15.3. The first-order chi connectivity index (χ1) is 16.6. The van der Waals surface area contributed by atoms with E-state index >= 15 is 0 Å². The number of hydrogen-bond acceptors (Lipinski definition) is 4. The lowest BCUT2D eigenvalue weighted by atomic mass is 9.89. The quantitative estimate of drug-likeness (QED) is 0.462. The first-order valence-electron chi connectivity index (χ1n) is 12.8. The van der Waals surface area contributed by atoms with E-state index in [1.54, 1.807) is 0 Å². The summed E-state index contributed by atoms with van der Waals surface area (Å²) in [5, 5.41) is 12.6. The molecule has 0 aliphatic carbocycles. The normalized spacial score (nSPS) is 18.1. The highest BCUT2D eigenvalue weighted by Gasteiger charge is 2.22. The van der Waals surface area contributed by atoms with E-state index in [9.17, 15) is 0 Å². The number of H-pyrrole nitrogens is 2. The van der Waals surface area contributed by atoms with Crippen molar-refractivity contribution in [3.05, 3.63) is 59.8 Å². The van der Waals surface area contributed by atoms with Gasteiger partial charge in [-0.2, -0.15) is 5.10 Å². The summed E-state index contributed by atoms with van der Waals surface area (Å²) < 4.78 is 0. The second kappa shape index (κ2) is 11.1. The number of hydrogen-bond donors (Lipinski definition) is 3. The minimum absolute atomic E-state index is 0.628. The molecule has 0 unspecified atom stereocenters. The fraction of sp³-hybridized carbons (Fsp3) is 0.464. The van der Waals surface area contributed by atoms with E-state index in [0.29, 0.717) is 5.92 Å². The molecule has 0 saturated carbocycles. The number of piperazine rings is 1. The van der Waals surface area contributed by atoms with Crippen molar-refractivity contribution in [1.82, 2.24) is 30.3 Å². The molecule has 2 saturated heterocycles. The number of piperidine rings is 1. The van der Waals surface area contributed by atoms with Gasteiger partial charge < -0.3 is 20.1 Å². The lowest BCUT2D eigenvalue weighted by molar-refractivity contribution is 0.207. The van der Waals surface area contributed by atoms with Crippen LogP contribution in [0.1, 0.15) is 49.4 Å². The number of rotatable bonds is 5. The molecular formula is C28H40N6. The minimum Gasteiger partial charge on any atom is -0.368 e. The van der Waals surface area contributed by atoms with Crippen molar-refractivity contribution >= 4 is 16.6 Å². The van der Waals surface area contributed by atoms with Gasteiger partial charge >= 0.3 is 0 Å². The van der Waals surface area contributed by atoms with Crippen molar-refractivity contribution in [3.8, 4) is 11.4 Å². The summed E-state index contributed by atoms with van der Waals surface area (Å²) >= 11 is 0. The molecule has 2 aromatic heterocycles. The molecule has 182 valence electrons. The molecule has 3 N–H and O–H groups in total. The van der Waals surface area contributed by atoms with Crippen LogP contribution in [0.4, 0.5) is 0 Å². The predicted molar refractivity (Wildman–Crippen MR) is 144 cm³/mol. The Morgan fingerprint density at radius 3 is 2.53 bits per heavy atom. The molecule has 6 heteroatoms. The zero-order valence-electron chi connectivity index (χ0n) is 21.2. The largest absolute Gasteiger partial charge is 0.368 e. The second-order valence-electron chi connectivity index (χ2n) is 9.20. The van der Waals surface area contributed by atoms with Crippen molar-refractivity contribution < 1.29 is 0 Å². The number of aromatic nitrogens is 3. The molecule has 2 fully saturated rings. The maximum absolute atomic E-state index is 4.71. The summed E-state index contributed by atoms with van der Waals surface area (Å²) in [7, 11) is 2.19. The summed E-state index contributed by atoms with van der Waals surface area (Å²) in [6.07, 6.45) is 6.44. The summed E-state index contributed by atoms with van der Waals surface area (Å²) in [6, 6.07) is 9.06. The van der Waals surface area contributed by atoms with Gasteiger partial charge in [0.1, 0.15) is 5.69 Å². The number of aromatic amines is 2. The number of benzene rings is 1. The summed E-state index contributed by atoms with van der Waals surface area (Å²) in [6.45, 7) is 16.5. The standard InChI is InChI=1S/C26H34N6.C2H6/c1-4-5-25(32-14-12-31(3)13-15-32)21-17-24(28-18(21)2)26-22-16-20(6-7-23(22)29-30-26)19-8-10-27-11-9-19;1-2/h4-7,16-17,19,27-28H,1,8-15H2,2-3H3,(H,29,30);1-2H3/b25-5+;. The molecule has 4 heterocycles. The van der Waals surface area contributed by atoms with Crippen LogP contribution in [0, 0.1) is 6.92 Å². The third-order valence-electron chi connectivity index (χ3n) is 7.06. The van der Waals surface area contributed by atoms with Crippen LogP contribution in [-0.2, 0) is 0 Å². The Morgan fingerprint density at radius 2 is 1.82 bits per heavy atom. The van der Waals surface area contributed by atoms with E-state index in [4.69, 9.17) is 5.10 Å². The predicted octanol–water partition coefficient (Wildman–Crippen LogP) is 5.13. The number of nitrogens with one attached hydrogen (secondary N) is 3. The van der Waals surface area contributed by atoms with Crippen LogP contribution in [-0.4, -0.2) is 71.3 Å². The van der Waals surface area contributed by atoms with Gasteiger partial charge in [-0.05, 0) is 75.7 Å². The molecule has 0 bridgehead atoms. The number of fused-ring (bicyclic) bond motifs is 1. The van der Waals surface area contributed by atoms with E-state index in [1.807, 2.05) is 19.9 Å². The highest BCUT2D eigenvalue weighted by Crippen LogP contribution is 2.34. The smallest absolute Gasteiger partial charge is 0.116 e. The molecule has 0 atom stereocenters. The van der Waals surface area contributed by atoms with Crippen LogP contribution in [0.2, 0.25) is 0 Å². The molecule has 2 aliphatic rings. The van der Waals surface area contributed by atoms with E-state index in [0.717, 1.165) is 61.9 Å². The number of aryl methyl sites for hydroxylation is 1. The molecule has 1 aromatic carbocycles. The Hall–Kier alpha value is -2.83. The fourth-order valence-corrected chi connectivity index (χ4v) is 5.12. The number of nitrogens with zero attached hydrogens (tertiary/aromatic N) is 3. The van der Waals surface area contributed by atoms with E-state index in [2.05, 4.69) is 76.1 Å². The molecule has 5 rings (SSSR count). The Bertz CT molecular complexity index is 1120. The van der Waals surface area contributed by atoms with E-state index in [-0.39, 0.29) is 0 Å². The summed E-state index contributed by atoms with van der Waals surface area (Å²) in [5.41, 5.74) is 8.22. The van der Waals surface area contributed by atoms with Crippen molar-refractivity contribution in [2.75, 3.05) is 46.3 Å². The van der Waals surface area contributed by atoms with Gasteiger partial charge in [0, 0.05) is 48.5 Å². The third kappa shape index (κ3) is 4.98. The van der Waals surface area contributed by atoms with E-state index < -0.39 is 0 Å². The Labute approximate surface area is 204 Å². The molecule has 2 aliphatic heterocycles. The molecular weight excluding hydrogens is 420 g/mol. The van der Waals surface area contributed by atoms with Crippen LogP contribution < -0.4 is 5.32 Å². The van der Waals surface area contributed by atoms with E-state index in [1.165, 1.54) is 35.1 Å². The van der Waals surface area contributed by atoms with Crippen LogP contribution in [0.15, 0.2) is 43.0 Å². The Balaban J connectivity index is 0.00000133. The van der Waals surface area contributed by atoms with Gasteiger partial charge in [-0.3, -0.25) is 5.10 Å². The maximum atomic E-state index is 4.71. The van der Waals surface area contributed by atoms with Crippen molar-refractivity contribution in [2.24, 2.45) is 0 Å². The van der Waals surface area contributed by atoms with Gasteiger partial charge in [0.15, 0.2) is 0 Å². The average Bonchev–Trinajstić information content (AvgIpc) is 3.48. The molecule has 34 heavy (non-hydrogen) atoms. The van der Waals surface area contributed by atoms with Crippen LogP contribution in [0.25, 0.3) is 28.0 Å². The van der Waals surface area contributed by atoms with Crippen LogP contribution in [0.3, 0.4) is 0 Å². The molecule has 0 radical (unpaired) electrons. The van der Waals surface area contributed by atoms with Crippen molar-refractivity contribution in [1.29, 1.82) is 0 Å². The lowest BCUT2D eigenvalue weighted by Gasteiger charge is -2.35. The number of allylic oxidation sites excluding steroid dienone is 2. The highest BCUT2D eigenvalue weighted by molar-refractivity contribution is 5.93. The van der Waals surface area contributed by atoms with Gasteiger partial charge in [-0.25, -0.2) is 0 Å². The summed E-state index contributed by atoms with van der Waals surface area (Å²) in [5.74, 6) is 0.628. The second-order valence-corrected chi connectivity index (χ2v) is 9.20. The SMILES string of the molecule is C=C/C=C(\c1cc(-c2n[nH]c3ccc(C4CCNCC4)cc23)[nH]c1C)N1CCN(C)CC1.CC. The van der Waals surface area contributed by atoms with Gasteiger partial charge in [0.2, 0.25) is 0 Å². The summed E-state index contributed by atoms with van der Waals surface area (Å²) in [4.78, 5) is 8.47. The molecule has 0 spiro atoms. The first-order valence-corrected chi connectivity index (χ1v) is 12.8. The first kappa shape index (κ1) is 24.3. The van der Waals surface area contributed by atoms with Crippen molar-refractivity contribution in [2.45, 2.75) is 39.5 Å². The zero-order chi connectivity index (χ0) is 24.1.